The molecule has 2 saturated heterocycles. The molecule has 2 aliphatic rings. The molecule has 2 heterocycles. The molecule has 2 aliphatic heterocycles. The number of rotatable bonds is 7. The average Bonchev–Trinajstić information content (AvgIpc) is 2.44. The van der Waals surface area contributed by atoms with Gasteiger partial charge in [0.05, 0.1) is 12.7 Å². The topological polar surface area (TPSA) is 48.0 Å². The summed E-state index contributed by atoms with van der Waals surface area (Å²) in [5.41, 5.74) is 0. The molecule has 0 saturated carbocycles. The molecule has 2 fully saturated rings. The van der Waals surface area contributed by atoms with Crippen molar-refractivity contribution in [3.8, 4) is 0 Å². The van der Waals surface area contributed by atoms with E-state index in [1.54, 1.807) is 7.11 Å². The predicted octanol–water partition coefficient (Wildman–Crippen LogP) is 0.142. The Balaban J connectivity index is 1.71. The quantitative estimate of drug-likeness (QED) is 0.652. The van der Waals surface area contributed by atoms with Crippen molar-refractivity contribution in [1.82, 2.24) is 15.1 Å². The van der Waals surface area contributed by atoms with Gasteiger partial charge in [-0.3, -0.25) is 9.80 Å². The van der Waals surface area contributed by atoms with Crippen molar-refractivity contribution in [2.75, 3.05) is 53.0 Å². The molecule has 0 bridgehead atoms. The molecule has 3 unspecified atom stereocenters. The van der Waals surface area contributed by atoms with Crippen LogP contribution in [0.3, 0.4) is 0 Å². The summed E-state index contributed by atoms with van der Waals surface area (Å²) < 4.78 is 4.99. The van der Waals surface area contributed by atoms with Gasteiger partial charge in [-0.25, -0.2) is 0 Å². The number of piperazine rings is 1. The van der Waals surface area contributed by atoms with Crippen molar-refractivity contribution < 1.29 is 9.84 Å². The van der Waals surface area contributed by atoms with Gasteiger partial charge in [-0.1, -0.05) is 6.42 Å². The Kier molecular flexibility index (Phi) is 6.71. The highest BCUT2D eigenvalue weighted by Gasteiger charge is 2.33. The van der Waals surface area contributed by atoms with Gasteiger partial charge in [0.15, 0.2) is 0 Å². The number of aliphatic hydroxyl groups excluding tert-OH is 1. The highest BCUT2D eigenvalue weighted by atomic mass is 16.5. The second-order valence-corrected chi connectivity index (χ2v) is 6.30. The molecule has 0 amide bonds. The summed E-state index contributed by atoms with van der Waals surface area (Å²) in [5, 5.41) is 13.4. The van der Waals surface area contributed by atoms with Gasteiger partial charge >= 0.3 is 0 Å². The Hall–Kier alpha value is -0.200. The zero-order valence-corrected chi connectivity index (χ0v) is 13.1. The van der Waals surface area contributed by atoms with Crippen molar-refractivity contribution in [1.29, 1.82) is 0 Å². The third-order valence-corrected chi connectivity index (χ3v) is 4.62. The largest absolute Gasteiger partial charge is 0.390 e. The number of aliphatic hydroxyl groups is 1. The molecule has 0 spiro atoms. The van der Waals surface area contributed by atoms with Gasteiger partial charge in [-0.05, 0) is 26.3 Å². The Bertz CT molecular complexity index is 278. The SMILES string of the molecule is COCCNCC(O)CN1CC2CCCCN2CC1C. The monoisotopic (exact) mass is 285 g/mol. The van der Waals surface area contributed by atoms with Crippen molar-refractivity contribution >= 4 is 0 Å². The van der Waals surface area contributed by atoms with Crippen LogP contribution in [0.5, 0.6) is 0 Å². The molecule has 5 heteroatoms. The van der Waals surface area contributed by atoms with E-state index in [-0.39, 0.29) is 6.10 Å². The van der Waals surface area contributed by atoms with Gasteiger partial charge in [-0.2, -0.15) is 0 Å². The molecule has 0 aromatic carbocycles. The third kappa shape index (κ3) is 4.67. The Morgan fingerprint density at radius 2 is 2.20 bits per heavy atom. The van der Waals surface area contributed by atoms with Crippen LogP contribution in [0.15, 0.2) is 0 Å². The van der Waals surface area contributed by atoms with Crippen LogP contribution in [0.25, 0.3) is 0 Å². The molecule has 0 radical (unpaired) electrons. The minimum Gasteiger partial charge on any atom is -0.390 e. The Labute approximate surface area is 123 Å². The Morgan fingerprint density at radius 1 is 1.35 bits per heavy atom. The van der Waals surface area contributed by atoms with E-state index in [4.69, 9.17) is 4.74 Å². The van der Waals surface area contributed by atoms with Crippen LogP contribution in [0.1, 0.15) is 26.2 Å². The first-order valence-electron chi connectivity index (χ1n) is 8.06. The summed E-state index contributed by atoms with van der Waals surface area (Å²) in [6, 6.07) is 1.27. The number of hydrogen-bond acceptors (Lipinski definition) is 5. The smallest absolute Gasteiger partial charge is 0.0791 e. The lowest BCUT2D eigenvalue weighted by Gasteiger charge is -2.48. The van der Waals surface area contributed by atoms with E-state index in [9.17, 15) is 5.11 Å². The lowest BCUT2D eigenvalue weighted by Crippen LogP contribution is -2.60. The molecule has 2 rings (SSSR count). The number of fused-ring (bicyclic) bond motifs is 1. The van der Waals surface area contributed by atoms with Crippen molar-refractivity contribution in [2.24, 2.45) is 0 Å². The fourth-order valence-corrected chi connectivity index (χ4v) is 3.45. The average molecular weight is 285 g/mol. The second-order valence-electron chi connectivity index (χ2n) is 6.30. The summed E-state index contributed by atoms with van der Waals surface area (Å²) in [4.78, 5) is 5.11. The molecule has 118 valence electrons. The van der Waals surface area contributed by atoms with Crippen LogP contribution in [-0.2, 0) is 4.74 Å². The van der Waals surface area contributed by atoms with Gasteiger partial charge in [0, 0.05) is 51.9 Å². The van der Waals surface area contributed by atoms with Crippen LogP contribution < -0.4 is 5.32 Å². The van der Waals surface area contributed by atoms with Crippen LogP contribution in [0, 0.1) is 0 Å². The zero-order valence-electron chi connectivity index (χ0n) is 13.1. The molecule has 3 atom stereocenters. The first-order chi connectivity index (χ1) is 9.70. The molecule has 20 heavy (non-hydrogen) atoms. The fraction of sp³-hybridized carbons (Fsp3) is 1.00. The first kappa shape index (κ1) is 16.2. The van der Waals surface area contributed by atoms with E-state index in [1.807, 2.05) is 0 Å². The molecule has 2 N–H and O–H groups in total. The fourth-order valence-electron chi connectivity index (χ4n) is 3.45. The van der Waals surface area contributed by atoms with Crippen LogP contribution in [0.4, 0.5) is 0 Å². The standard InChI is InChI=1S/C15H31N3O2/c1-13-10-17-7-4-3-5-14(17)11-18(13)12-15(19)9-16-6-8-20-2/h13-16,19H,3-12H2,1-2H3. The van der Waals surface area contributed by atoms with E-state index in [1.165, 1.54) is 25.8 Å². The summed E-state index contributed by atoms with van der Waals surface area (Å²) in [5.74, 6) is 0. The number of piperidine rings is 1. The number of ether oxygens (including phenoxy) is 1. The minimum atomic E-state index is -0.288. The molecule has 0 aliphatic carbocycles. The summed E-state index contributed by atoms with van der Waals surface area (Å²) >= 11 is 0. The van der Waals surface area contributed by atoms with Crippen LogP contribution >= 0.6 is 0 Å². The van der Waals surface area contributed by atoms with Crippen molar-refractivity contribution in [3.05, 3.63) is 0 Å². The maximum Gasteiger partial charge on any atom is 0.0791 e. The summed E-state index contributed by atoms with van der Waals surface area (Å²) in [6.07, 6.45) is 3.76. The van der Waals surface area contributed by atoms with Gasteiger partial charge in [-0.15, -0.1) is 0 Å². The highest BCUT2D eigenvalue weighted by Crippen LogP contribution is 2.23. The van der Waals surface area contributed by atoms with Crippen molar-refractivity contribution in [2.45, 2.75) is 44.4 Å². The second kappa shape index (κ2) is 8.29. The van der Waals surface area contributed by atoms with E-state index < -0.39 is 0 Å². The number of nitrogens with zero attached hydrogens (tertiary/aromatic N) is 2. The van der Waals surface area contributed by atoms with E-state index in [2.05, 4.69) is 22.0 Å². The molecule has 5 nitrogen and oxygen atoms in total. The maximum atomic E-state index is 10.2. The summed E-state index contributed by atoms with van der Waals surface area (Å²) in [6.45, 7) is 8.78. The van der Waals surface area contributed by atoms with Gasteiger partial charge < -0.3 is 15.2 Å². The zero-order chi connectivity index (χ0) is 14.4. The summed E-state index contributed by atoms with van der Waals surface area (Å²) in [7, 11) is 1.70. The lowest BCUT2D eigenvalue weighted by atomic mass is 9.97. The highest BCUT2D eigenvalue weighted by molar-refractivity contribution is 4.89. The molecule has 0 aromatic rings. The molecular weight excluding hydrogens is 254 g/mol. The lowest BCUT2D eigenvalue weighted by molar-refractivity contribution is -0.00694. The first-order valence-corrected chi connectivity index (χ1v) is 8.06. The predicted molar refractivity (Wildman–Crippen MR) is 81.0 cm³/mol. The van der Waals surface area contributed by atoms with E-state index in [0.29, 0.717) is 25.2 Å². The van der Waals surface area contributed by atoms with Gasteiger partial charge in [0.1, 0.15) is 0 Å². The normalized spacial score (nSPS) is 30.1. The number of methoxy groups -OCH3 is 1. The number of β-amino-alcohol motifs (C(OH)–C–C–N with tert-alkyl or cyclic N) is 1. The van der Waals surface area contributed by atoms with E-state index >= 15 is 0 Å². The number of nitrogens with one attached hydrogen (secondary N) is 1. The molecular formula is C15H31N3O2. The Morgan fingerprint density at radius 3 is 3.00 bits per heavy atom. The van der Waals surface area contributed by atoms with Crippen LogP contribution in [0.2, 0.25) is 0 Å². The van der Waals surface area contributed by atoms with Crippen molar-refractivity contribution in [3.63, 3.8) is 0 Å². The van der Waals surface area contributed by atoms with Gasteiger partial charge in [0.25, 0.3) is 0 Å². The third-order valence-electron chi connectivity index (χ3n) is 4.62. The molecule has 0 aromatic heterocycles. The minimum absolute atomic E-state index is 0.288. The maximum absolute atomic E-state index is 10.2. The van der Waals surface area contributed by atoms with Gasteiger partial charge in [0.2, 0.25) is 0 Å². The van der Waals surface area contributed by atoms with E-state index in [0.717, 1.165) is 26.2 Å². The van der Waals surface area contributed by atoms with Crippen LogP contribution in [-0.4, -0.2) is 86.1 Å². The number of hydrogen-bond donors (Lipinski definition) is 2.